The molecule has 8 nitrogen and oxygen atoms in total. The van der Waals surface area contributed by atoms with Crippen LogP contribution >= 0.6 is 11.8 Å². The smallest absolute Gasteiger partial charge is 0.234 e. The molecule has 2 aromatic heterocycles. The first-order valence-electron chi connectivity index (χ1n) is 10.2. The Bertz CT molecular complexity index is 1090. The lowest BCUT2D eigenvalue weighted by molar-refractivity contribution is -0.128. The molecule has 0 aliphatic carbocycles. The molecule has 3 aromatic rings. The summed E-state index contributed by atoms with van der Waals surface area (Å²) in [5.74, 6) is 1.39. The fourth-order valence-corrected chi connectivity index (χ4v) is 4.42. The van der Waals surface area contributed by atoms with Crippen LogP contribution in [0.25, 0.3) is 0 Å². The van der Waals surface area contributed by atoms with Gasteiger partial charge >= 0.3 is 0 Å². The molecule has 0 radical (unpaired) electrons. The summed E-state index contributed by atoms with van der Waals surface area (Å²) in [6.45, 7) is 6.13. The highest BCUT2D eigenvalue weighted by Gasteiger charge is 2.26. The van der Waals surface area contributed by atoms with Crippen molar-refractivity contribution in [2.45, 2.75) is 25.4 Å². The van der Waals surface area contributed by atoms with E-state index >= 15 is 0 Å². The van der Waals surface area contributed by atoms with Gasteiger partial charge < -0.3 is 19.2 Å². The van der Waals surface area contributed by atoms with Crippen molar-refractivity contribution in [2.24, 2.45) is 0 Å². The average molecular weight is 437 g/mol. The first-order valence-corrected chi connectivity index (χ1v) is 11.1. The number of H-pyrrole nitrogens is 1. The van der Waals surface area contributed by atoms with Crippen molar-refractivity contribution in [3.63, 3.8) is 0 Å². The van der Waals surface area contributed by atoms with Gasteiger partial charge in [-0.1, -0.05) is 42.1 Å². The highest BCUT2D eigenvalue weighted by atomic mass is 32.2. The third-order valence-corrected chi connectivity index (χ3v) is 6.11. The van der Waals surface area contributed by atoms with Gasteiger partial charge in [0.1, 0.15) is 6.07 Å². The molecule has 31 heavy (non-hydrogen) atoms. The molecule has 9 heteroatoms. The van der Waals surface area contributed by atoms with Crippen LogP contribution in [0.2, 0.25) is 0 Å². The van der Waals surface area contributed by atoms with Crippen LogP contribution in [0.15, 0.2) is 39.9 Å². The van der Waals surface area contributed by atoms with Crippen LogP contribution in [-0.2, 0) is 11.2 Å². The fraction of sp³-hybridized carbons (Fsp3) is 0.364. The molecule has 0 saturated carbocycles. The first kappa shape index (κ1) is 21.0. The largest absolute Gasteiger partial charge is 0.424 e. The lowest BCUT2D eigenvalue weighted by Crippen LogP contribution is -2.49. The van der Waals surface area contributed by atoms with Gasteiger partial charge in [0.25, 0.3) is 0 Å². The highest BCUT2D eigenvalue weighted by Crippen LogP contribution is 2.23. The van der Waals surface area contributed by atoms with Gasteiger partial charge in [0, 0.05) is 45.2 Å². The zero-order chi connectivity index (χ0) is 21.8. The number of carbonyl (C=O) groups is 1. The van der Waals surface area contributed by atoms with Gasteiger partial charge in [-0.15, -0.1) is 0 Å². The third-order valence-electron chi connectivity index (χ3n) is 5.25. The Balaban J connectivity index is 1.29. The molecule has 1 N–H and O–H groups in total. The lowest BCUT2D eigenvalue weighted by atomic mass is 10.1. The Labute approximate surface area is 185 Å². The van der Waals surface area contributed by atoms with Gasteiger partial charge in [-0.3, -0.25) is 4.79 Å². The zero-order valence-electron chi connectivity index (χ0n) is 17.6. The number of carbonyl (C=O) groups excluding carboxylic acids is 1. The van der Waals surface area contributed by atoms with Gasteiger partial charge in [0.05, 0.1) is 11.4 Å². The summed E-state index contributed by atoms with van der Waals surface area (Å²) in [4.78, 5) is 28.6. The zero-order valence-corrected chi connectivity index (χ0v) is 18.4. The van der Waals surface area contributed by atoms with Crippen LogP contribution in [0.5, 0.6) is 0 Å². The van der Waals surface area contributed by atoms with E-state index in [1.54, 1.807) is 6.92 Å². The van der Waals surface area contributed by atoms with E-state index in [-0.39, 0.29) is 5.91 Å². The molecule has 1 aliphatic heterocycles. The van der Waals surface area contributed by atoms with E-state index in [4.69, 9.17) is 4.42 Å². The van der Waals surface area contributed by atoms with Crippen molar-refractivity contribution in [3.05, 3.63) is 58.9 Å². The molecule has 0 unspecified atom stereocenters. The molecule has 0 atom stereocenters. The van der Waals surface area contributed by atoms with Crippen molar-refractivity contribution in [1.82, 2.24) is 19.9 Å². The van der Waals surface area contributed by atoms with Crippen molar-refractivity contribution in [3.8, 4) is 6.07 Å². The second kappa shape index (κ2) is 9.27. The maximum absolute atomic E-state index is 12.7. The van der Waals surface area contributed by atoms with Crippen LogP contribution < -0.4 is 4.90 Å². The molecule has 1 amide bonds. The monoisotopic (exact) mass is 436 g/mol. The number of amides is 1. The van der Waals surface area contributed by atoms with E-state index in [2.05, 4.69) is 33.2 Å². The van der Waals surface area contributed by atoms with Crippen molar-refractivity contribution < 1.29 is 9.21 Å². The van der Waals surface area contributed by atoms with E-state index in [0.717, 1.165) is 23.0 Å². The second-order valence-corrected chi connectivity index (χ2v) is 8.40. The summed E-state index contributed by atoms with van der Waals surface area (Å²) in [7, 11) is 0. The normalized spacial score (nSPS) is 14.0. The number of thioether (sulfide) groups is 1. The number of imidazole rings is 1. The van der Waals surface area contributed by atoms with E-state index in [1.165, 1.54) is 17.3 Å². The maximum Gasteiger partial charge on any atom is 0.234 e. The number of nitriles is 1. The molecule has 1 saturated heterocycles. The second-order valence-electron chi connectivity index (χ2n) is 7.43. The molecule has 3 heterocycles. The minimum atomic E-state index is 0.0811. The fourth-order valence-electron chi connectivity index (χ4n) is 3.58. The lowest BCUT2D eigenvalue weighted by Gasteiger charge is -2.34. The minimum Gasteiger partial charge on any atom is -0.424 e. The van der Waals surface area contributed by atoms with Gasteiger partial charge in [-0.25, -0.2) is 9.97 Å². The minimum absolute atomic E-state index is 0.0811. The number of oxazole rings is 1. The number of aromatic amines is 1. The van der Waals surface area contributed by atoms with E-state index in [9.17, 15) is 10.1 Å². The van der Waals surface area contributed by atoms with E-state index in [0.29, 0.717) is 49.4 Å². The van der Waals surface area contributed by atoms with Crippen molar-refractivity contribution >= 4 is 23.6 Å². The van der Waals surface area contributed by atoms with Gasteiger partial charge in [-0.05, 0) is 12.5 Å². The Kier molecular flexibility index (Phi) is 6.28. The molecule has 0 bridgehead atoms. The summed E-state index contributed by atoms with van der Waals surface area (Å²) >= 11 is 1.43. The van der Waals surface area contributed by atoms with Gasteiger partial charge in [0.15, 0.2) is 11.0 Å². The Hall–Kier alpha value is -3.25. The van der Waals surface area contributed by atoms with Crippen molar-refractivity contribution in [1.29, 1.82) is 5.26 Å². The first-order chi connectivity index (χ1) is 15.0. The number of nitrogens with zero attached hydrogens (tertiary/aromatic N) is 5. The summed E-state index contributed by atoms with van der Waals surface area (Å²) < 4.78 is 5.57. The molecule has 0 spiro atoms. The Morgan fingerprint density at radius 2 is 1.94 bits per heavy atom. The third kappa shape index (κ3) is 4.91. The van der Waals surface area contributed by atoms with Crippen LogP contribution in [-0.4, -0.2) is 57.7 Å². The SMILES string of the molecule is Cc1nc(C#N)c(N2CCN(C(=O)CSc3nc(Cc4ccccc4)c(C)[nH]3)CC2)o1. The Morgan fingerprint density at radius 1 is 1.19 bits per heavy atom. The molecular formula is C22H24N6O2S. The maximum atomic E-state index is 12.7. The van der Waals surface area contributed by atoms with E-state index < -0.39 is 0 Å². The van der Waals surface area contributed by atoms with Gasteiger partial charge in [0.2, 0.25) is 17.5 Å². The Morgan fingerprint density at radius 3 is 2.65 bits per heavy atom. The number of piperazine rings is 1. The standard InChI is InChI=1S/C22H24N6O2S/c1-15-18(12-17-6-4-3-5-7-17)26-22(24-15)31-14-20(29)27-8-10-28(11-9-27)21-19(13-23)25-16(2)30-21/h3-7H,8-12,14H2,1-2H3,(H,24,26). The number of benzene rings is 1. The van der Waals surface area contributed by atoms with Crippen LogP contribution in [0.4, 0.5) is 5.88 Å². The van der Waals surface area contributed by atoms with Crippen LogP contribution in [0.1, 0.15) is 28.5 Å². The predicted octanol–water partition coefficient (Wildman–Crippen LogP) is 2.92. The van der Waals surface area contributed by atoms with Gasteiger partial charge in [-0.2, -0.15) is 5.26 Å². The molecule has 160 valence electrons. The van der Waals surface area contributed by atoms with Crippen LogP contribution in [0, 0.1) is 25.2 Å². The quantitative estimate of drug-likeness (QED) is 0.593. The summed E-state index contributed by atoms with van der Waals surface area (Å²) in [6.07, 6.45) is 0.769. The molecule has 4 rings (SSSR count). The summed E-state index contributed by atoms with van der Waals surface area (Å²) in [5, 5.41) is 9.98. The molecule has 1 fully saturated rings. The number of anilines is 1. The molecule has 1 aromatic carbocycles. The predicted molar refractivity (Wildman–Crippen MR) is 118 cm³/mol. The molecular weight excluding hydrogens is 412 g/mol. The number of nitrogens with one attached hydrogen (secondary N) is 1. The number of aromatic nitrogens is 3. The number of aryl methyl sites for hydroxylation is 2. The summed E-state index contributed by atoms with van der Waals surface area (Å²) in [5.41, 5.74) is 3.55. The number of hydrogen-bond acceptors (Lipinski definition) is 7. The summed E-state index contributed by atoms with van der Waals surface area (Å²) in [6, 6.07) is 12.3. The molecule has 1 aliphatic rings. The topological polar surface area (TPSA) is 102 Å². The average Bonchev–Trinajstić information content (AvgIpc) is 3.34. The van der Waals surface area contributed by atoms with Crippen LogP contribution in [0.3, 0.4) is 0 Å². The number of rotatable bonds is 6. The van der Waals surface area contributed by atoms with Crippen molar-refractivity contribution in [2.75, 3.05) is 36.8 Å². The van der Waals surface area contributed by atoms with E-state index in [1.807, 2.05) is 34.9 Å². The highest BCUT2D eigenvalue weighted by molar-refractivity contribution is 7.99. The number of hydrogen-bond donors (Lipinski definition) is 1.